The molecule has 0 atom stereocenters. The molecule has 0 saturated carbocycles. The van der Waals surface area contributed by atoms with Crippen molar-refractivity contribution in [2.45, 2.75) is 32.9 Å². The number of nitrogens with one attached hydrogen (secondary N) is 3. The molecule has 146 valence electrons. The first kappa shape index (κ1) is 19.5. The van der Waals surface area contributed by atoms with Crippen LogP contribution in [0.5, 0.6) is 5.75 Å². The lowest BCUT2D eigenvalue weighted by Crippen LogP contribution is -2.45. The van der Waals surface area contributed by atoms with Crippen LogP contribution in [0.4, 0.5) is 0 Å². The van der Waals surface area contributed by atoms with Crippen molar-refractivity contribution in [2.75, 3.05) is 6.54 Å². The van der Waals surface area contributed by atoms with E-state index in [1.165, 1.54) is 0 Å². The molecule has 0 aliphatic carbocycles. The van der Waals surface area contributed by atoms with Crippen LogP contribution in [0.1, 0.15) is 36.8 Å². The Morgan fingerprint density at radius 2 is 1.79 bits per heavy atom. The first-order valence-electron chi connectivity index (χ1n) is 9.19. The Hall–Kier alpha value is -3.28. The molecule has 0 aliphatic rings. The first-order chi connectivity index (χ1) is 13.3. The van der Waals surface area contributed by atoms with E-state index < -0.39 is 0 Å². The van der Waals surface area contributed by atoms with Crippen LogP contribution in [-0.2, 0) is 11.4 Å². The molecule has 0 unspecified atom stereocenters. The van der Waals surface area contributed by atoms with Gasteiger partial charge < -0.3 is 20.4 Å². The third kappa shape index (κ3) is 5.36. The number of carbonyl (C=O) groups is 2. The predicted molar refractivity (Wildman–Crippen MR) is 109 cm³/mol. The highest BCUT2D eigenvalue weighted by Gasteiger charge is 2.15. The van der Waals surface area contributed by atoms with Crippen molar-refractivity contribution in [2.24, 2.45) is 0 Å². The topological polar surface area (TPSA) is 83.2 Å². The minimum atomic E-state index is -0.334. The molecule has 2 amide bonds. The Balaban J connectivity index is 1.62. The van der Waals surface area contributed by atoms with Crippen molar-refractivity contribution < 1.29 is 14.3 Å². The quantitative estimate of drug-likeness (QED) is 0.614. The number of carbonyl (C=O) groups excluding carboxylic acids is 2. The molecule has 0 aliphatic heterocycles. The third-order valence-corrected chi connectivity index (χ3v) is 4.01. The van der Waals surface area contributed by atoms with Gasteiger partial charge in [0.2, 0.25) is 5.91 Å². The van der Waals surface area contributed by atoms with E-state index in [1.807, 2.05) is 69.3 Å². The summed E-state index contributed by atoms with van der Waals surface area (Å²) in [4.78, 5) is 27.3. The zero-order valence-corrected chi connectivity index (χ0v) is 16.3. The maximum absolute atomic E-state index is 12.3. The number of fused-ring (bicyclic) bond motifs is 1. The zero-order valence-electron chi connectivity index (χ0n) is 16.3. The van der Waals surface area contributed by atoms with Crippen molar-refractivity contribution in [3.8, 4) is 5.75 Å². The Kier molecular flexibility index (Phi) is 5.68. The maximum atomic E-state index is 12.3. The van der Waals surface area contributed by atoms with Gasteiger partial charge in [-0.1, -0.05) is 30.3 Å². The lowest BCUT2D eigenvalue weighted by Gasteiger charge is -2.20. The lowest BCUT2D eigenvalue weighted by atomic mass is 10.1. The van der Waals surface area contributed by atoms with Gasteiger partial charge in [-0.2, -0.15) is 0 Å². The van der Waals surface area contributed by atoms with E-state index in [0.29, 0.717) is 12.3 Å². The summed E-state index contributed by atoms with van der Waals surface area (Å²) in [6.45, 7) is 6.08. The highest BCUT2D eigenvalue weighted by molar-refractivity contribution is 5.99. The molecular weight excluding hydrogens is 354 g/mol. The van der Waals surface area contributed by atoms with Gasteiger partial charge in [0.05, 0.1) is 6.54 Å². The second kappa shape index (κ2) is 8.17. The summed E-state index contributed by atoms with van der Waals surface area (Å²) in [5.74, 6) is 0.162. The van der Waals surface area contributed by atoms with E-state index in [1.54, 1.807) is 6.07 Å². The molecule has 0 fully saturated rings. The number of amides is 2. The van der Waals surface area contributed by atoms with Crippen molar-refractivity contribution >= 4 is 22.7 Å². The van der Waals surface area contributed by atoms with Crippen molar-refractivity contribution in [1.29, 1.82) is 0 Å². The monoisotopic (exact) mass is 379 g/mol. The van der Waals surface area contributed by atoms with Gasteiger partial charge in [-0.25, -0.2) is 0 Å². The summed E-state index contributed by atoms with van der Waals surface area (Å²) >= 11 is 0. The molecule has 1 heterocycles. The second-order valence-corrected chi connectivity index (χ2v) is 7.69. The molecule has 3 aromatic rings. The molecule has 2 aromatic carbocycles. The van der Waals surface area contributed by atoms with Crippen LogP contribution >= 0.6 is 0 Å². The highest BCUT2D eigenvalue weighted by Crippen LogP contribution is 2.22. The SMILES string of the molecule is CC(C)(C)NC(=O)CNC(=O)c1cc2ccc(OCc3ccccc3)cc2[nH]1. The summed E-state index contributed by atoms with van der Waals surface area (Å²) in [6, 6.07) is 17.3. The fourth-order valence-corrected chi connectivity index (χ4v) is 2.78. The first-order valence-corrected chi connectivity index (χ1v) is 9.19. The van der Waals surface area contributed by atoms with Crippen LogP contribution in [0.15, 0.2) is 54.6 Å². The number of ether oxygens (including phenoxy) is 1. The van der Waals surface area contributed by atoms with E-state index >= 15 is 0 Å². The van der Waals surface area contributed by atoms with E-state index in [9.17, 15) is 9.59 Å². The standard InChI is InChI=1S/C22H25N3O3/c1-22(2,3)25-20(26)13-23-21(27)19-11-16-9-10-17(12-18(16)24-19)28-14-15-7-5-4-6-8-15/h4-12,24H,13-14H2,1-3H3,(H,23,27)(H,25,26). The van der Waals surface area contributed by atoms with Crippen LogP contribution in [0.25, 0.3) is 10.9 Å². The van der Waals surface area contributed by atoms with Crippen molar-refractivity contribution in [3.05, 3.63) is 65.9 Å². The zero-order chi connectivity index (χ0) is 20.1. The van der Waals surface area contributed by atoms with Gasteiger partial charge in [-0.05, 0) is 44.5 Å². The van der Waals surface area contributed by atoms with Gasteiger partial charge >= 0.3 is 0 Å². The molecule has 0 spiro atoms. The molecule has 3 rings (SSSR count). The number of aromatic nitrogens is 1. The smallest absolute Gasteiger partial charge is 0.268 e. The van der Waals surface area contributed by atoms with E-state index in [0.717, 1.165) is 22.2 Å². The minimum Gasteiger partial charge on any atom is -0.489 e. The number of rotatable bonds is 6. The van der Waals surface area contributed by atoms with Gasteiger partial charge in [0.15, 0.2) is 0 Å². The summed E-state index contributed by atoms with van der Waals surface area (Å²) in [6.07, 6.45) is 0. The Labute approximate surface area is 164 Å². The van der Waals surface area contributed by atoms with E-state index in [4.69, 9.17) is 4.74 Å². The molecule has 1 aromatic heterocycles. The molecule has 28 heavy (non-hydrogen) atoms. The summed E-state index contributed by atoms with van der Waals surface area (Å²) in [7, 11) is 0. The fraction of sp³-hybridized carbons (Fsp3) is 0.273. The third-order valence-electron chi connectivity index (χ3n) is 4.01. The molecule has 0 radical (unpaired) electrons. The molecule has 0 bridgehead atoms. The van der Waals surface area contributed by atoms with E-state index in [-0.39, 0.29) is 23.9 Å². The van der Waals surface area contributed by atoms with Crippen LogP contribution in [0.2, 0.25) is 0 Å². The molecule has 0 saturated heterocycles. The Morgan fingerprint density at radius 3 is 2.50 bits per heavy atom. The van der Waals surface area contributed by atoms with Crippen LogP contribution in [0.3, 0.4) is 0 Å². The Bertz CT molecular complexity index is 972. The van der Waals surface area contributed by atoms with Gasteiger partial charge in [-0.3, -0.25) is 9.59 Å². The number of H-pyrrole nitrogens is 1. The normalized spacial score (nSPS) is 11.2. The van der Waals surface area contributed by atoms with E-state index in [2.05, 4.69) is 15.6 Å². The molecule has 6 heteroatoms. The average Bonchev–Trinajstić information content (AvgIpc) is 3.07. The summed E-state index contributed by atoms with van der Waals surface area (Å²) < 4.78 is 5.82. The van der Waals surface area contributed by atoms with Crippen molar-refractivity contribution in [1.82, 2.24) is 15.6 Å². The van der Waals surface area contributed by atoms with Gasteiger partial charge in [0.1, 0.15) is 18.1 Å². The maximum Gasteiger partial charge on any atom is 0.268 e. The number of aromatic amines is 1. The predicted octanol–water partition coefficient (Wildman–Crippen LogP) is 3.39. The molecule has 3 N–H and O–H groups in total. The number of hydrogen-bond donors (Lipinski definition) is 3. The summed E-state index contributed by atoms with van der Waals surface area (Å²) in [5, 5.41) is 6.34. The minimum absolute atomic E-state index is 0.0725. The van der Waals surface area contributed by atoms with Gasteiger partial charge in [0, 0.05) is 22.5 Å². The van der Waals surface area contributed by atoms with Crippen molar-refractivity contribution in [3.63, 3.8) is 0 Å². The molecule has 6 nitrogen and oxygen atoms in total. The summed E-state index contributed by atoms with van der Waals surface area (Å²) in [5.41, 5.74) is 1.95. The molecular formula is C22H25N3O3. The Morgan fingerprint density at radius 1 is 1.04 bits per heavy atom. The van der Waals surface area contributed by atoms with Gasteiger partial charge in [-0.15, -0.1) is 0 Å². The largest absolute Gasteiger partial charge is 0.489 e. The van der Waals surface area contributed by atoms with Gasteiger partial charge in [0.25, 0.3) is 5.91 Å². The lowest BCUT2D eigenvalue weighted by molar-refractivity contribution is -0.121. The van der Waals surface area contributed by atoms with Crippen LogP contribution in [-0.4, -0.2) is 28.9 Å². The van der Waals surface area contributed by atoms with Crippen LogP contribution in [0, 0.1) is 0 Å². The van der Waals surface area contributed by atoms with Crippen LogP contribution < -0.4 is 15.4 Å². The average molecular weight is 379 g/mol. The fourth-order valence-electron chi connectivity index (χ4n) is 2.78. The number of hydrogen-bond acceptors (Lipinski definition) is 3. The number of benzene rings is 2. The second-order valence-electron chi connectivity index (χ2n) is 7.69. The highest BCUT2D eigenvalue weighted by atomic mass is 16.5.